The van der Waals surface area contributed by atoms with Crippen molar-refractivity contribution in [2.75, 3.05) is 0 Å². The average Bonchev–Trinajstić information content (AvgIpc) is 3.00. The normalized spacial score (nSPS) is 12.3. The first-order valence-electron chi connectivity index (χ1n) is 9.25. The van der Waals surface area contributed by atoms with Crippen LogP contribution in [0.25, 0.3) is 22.5 Å². The number of phenols is 2. The van der Waals surface area contributed by atoms with Gasteiger partial charge in [-0.2, -0.15) is 5.10 Å². The Hall–Kier alpha value is -2.75. The summed E-state index contributed by atoms with van der Waals surface area (Å²) in [6.45, 7) is 11.1. The Morgan fingerprint density at radius 2 is 1.26 bits per heavy atom. The van der Waals surface area contributed by atoms with Gasteiger partial charge in [0.15, 0.2) is 0 Å². The summed E-state index contributed by atoms with van der Waals surface area (Å²) < 4.78 is 2.09. The lowest BCUT2D eigenvalue weighted by Gasteiger charge is -2.34. The predicted octanol–water partition coefficient (Wildman–Crippen LogP) is 5.80. The third-order valence-corrected chi connectivity index (χ3v) is 4.57. The van der Waals surface area contributed by atoms with E-state index in [0.29, 0.717) is 0 Å². The maximum absolute atomic E-state index is 9.65. The van der Waals surface area contributed by atoms with E-state index >= 15 is 0 Å². The van der Waals surface area contributed by atoms with Gasteiger partial charge in [-0.05, 0) is 80.3 Å². The number of hydrogen-bond donors (Lipinski definition) is 2. The van der Waals surface area contributed by atoms with E-state index in [0.717, 1.165) is 28.9 Å². The van der Waals surface area contributed by atoms with Gasteiger partial charge in [0.25, 0.3) is 0 Å². The molecule has 0 fully saturated rings. The highest BCUT2D eigenvalue weighted by atomic mass is 16.3. The Labute approximate surface area is 161 Å². The maximum Gasteiger partial charge on any atom is 0.115 e. The monoisotopic (exact) mass is 364 g/mol. The van der Waals surface area contributed by atoms with Crippen molar-refractivity contribution >= 4 is 0 Å². The molecule has 3 aromatic rings. The molecule has 0 aliphatic carbocycles. The number of nitrogens with zero attached hydrogens (tertiary/aromatic N) is 2. The fourth-order valence-corrected chi connectivity index (χ4v) is 3.83. The molecule has 0 saturated carbocycles. The SMILES string of the molecule is CC(C)(C)CC(C)(C)n1nc(-c2ccc(O)cc2)cc1-c1ccc(O)cc1. The lowest BCUT2D eigenvalue weighted by Crippen LogP contribution is -2.33. The van der Waals surface area contributed by atoms with Gasteiger partial charge in [-0.15, -0.1) is 0 Å². The minimum Gasteiger partial charge on any atom is -0.508 e. The van der Waals surface area contributed by atoms with Crippen LogP contribution in [-0.4, -0.2) is 20.0 Å². The summed E-state index contributed by atoms with van der Waals surface area (Å²) in [5, 5.41) is 24.2. The second-order valence-electron chi connectivity index (χ2n) is 8.97. The molecular weight excluding hydrogens is 336 g/mol. The molecule has 2 aromatic carbocycles. The van der Waals surface area contributed by atoms with Crippen LogP contribution in [0.1, 0.15) is 41.0 Å². The van der Waals surface area contributed by atoms with Gasteiger partial charge in [-0.25, -0.2) is 0 Å². The number of phenolic OH excluding ortho intramolecular Hbond substituents is 2. The van der Waals surface area contributed by atoms with Crippen molar-refractivity contribution < 1.29 is 10.2 Å². The molecule has 0 atom stereocenters. The van der Waals surface area contributed by atoms with Crippen molar-refractivity contribution in [1.29, 1.82) is 0 Å². The van der Waals surface area contributed by atoms with Gasteiger partial charge >= 0.3 is 0 Å². The number of aromatic hydroxyl groups is 2. The molecule has 3 rings (SSSR count). The van der Waals surface area contributed by atoms with Crippen LogP contribution in [-0.2, 0) is 5.54 Å². The third-order valence-electron chi connectivity index (χ3n) is 4.57. The van der Waals surface area contributed by atoms with Crippen LogP contribution in [0.3, 0.4) is 0 Å². The van der Waals surface area contributed by atoms with E-state index < -0.39 is 0 Å². The van der Waals surface area contributed by atoms with Gasteiger partial charge in [0, 0.05) is 11.1 Å². The van der Waals surface area contributed by atoms with Crippen LogP contribution in [0.15, 0.2) is 54.6 Å². The van der Waals surface area contributed by atoms with E-state index in [1.165, 1.54) is 0 Å². The summed E-state index contributed by atoms with van der Waals surface area (Å²) in [4.78, 5) is 0. The van der Waals surface area contributed by atoms with Gasteiger partial charge in [0.1, 0.15) is 11.5 Å². The topological polar surface area (TPSA) is 58.3 Å². The molecule has 0 aliphatic heterocycles. The van der Waals surface area contributed by atoms with Gasteiger partial charge < -0.3 is 10.2 Å². The lowest BCUT2D eigenvalue weighted by atomic mass is 9.81. The number of aromatic nitrogens is 2. The van der Waals surface area contributed by atoms with Crippen LogP contribution < -0.4 is 0 Å². The minimum atomic E-state index is -0.194. The smallest absolute Gasteiger partial charge is 0.115 e. The molecule has 142 valence electrons. The van der Waals surface area contributed by atoms with Gasteiger partial charge in [-0.3, -0.25) is 4.68 Å². The second kappa shape index (κ2) is 6.76. The molecule has 4 heteroatoms. The van der Waals surface area contributed by atoms with Crippen LogP contribution in [0.4, 0.5) is 0 Å². The fourth-order valence-electron chi connectivity index (χ4n) is 3.83. The first-order chi connectivity index (χ1) is 12.5. The van der Waals surface area contributed by atoms with Crippen molar-refractivity contribution in [3.05, 3.63) is 54.6 Å². The highest BCUT2D eigenvalue weighted by Crippen LogP contribution is 2.37. The minimum absolute atomic E-state index is 0.153. The Balaban J connectivity index is 2.14. The molecular formula is C23H28N2O2. The highest BCUT2D eigenvalue weighted by molar-refractivity contribution is 5.69. The Kier molecular flexibility index (Phi) is 4.77. The summed E-state index contributed by atoms with van der Waals surface area (Å²) in [6.07, 6.45) is 0.960. The molecule has 27 heavy (non-hydrogen) atoms. The summed E-state index contributed by atoms with van der Waals surface area (Å²) >= 11 is 0. The van der Waals surface area contributed by atoms with E-state index in [9.17, 15) is 10.2 Å². The first kappa shape index (κ1) is 19.0. The molecule has 1 aromatic heterocycles. The Morgan fingerprint density at radius 1 is 0.778 bits per heavy atom. The zero-order chi connectivity index (χ0) is 19.8. The molecule has 0 unspecified atom stereocenters. The molecule has 2 N–H and O–H groups in total. The van der Waals surface area contributed by atoms with Crippen molar-refractivity contribution in [2.45, 2.75) is 46.6 Å². The standard InChI is InChI=1S/C23H28N2O2/c1-22(2,3)15-23(4,5)25-21(17-8-12-19(27)13-9-17)14-20(24-25)16-6-10-18(26)11-7-16/h6-14,26-27H,15H2,1-5H3. The molecule has 0 bridgehead atoms. The highest BCUT2D eigenvalue weighted by Gasteiger charge is 2.30. The van der Waals surface area contributed by atoms with Crippen molar-refractivity contribution in [3.8, 4) is 34.0 Å². The number of rotatable bonds is 4. The fraction of sp³-hybridized carbons (Fsp3) is 0.348. The Bertz CT molecular complexity index is 915. The molecule has 0 spiro atoms. The quantitative estimate of drug-likeness (QED) is 0.615. The number of hydrogen-bond acceptors (Lipinski definition) is 3. The molecule has 1 heterocycles. The zero-order valence-electron chi connectivity index (χ0n) is 16.7. The summed E-state index contributed by atoms with van der Waals surface area (Å²) in [7, 11) is 0. The van der Waals surface area contributed by atoms with Crippen LogP contribution in [0.2, 0.25) is 0 Å². The van der Waals surface area contributed by atoms with E-state index in [1.54, 1.807) is 24.3 Å². The number of benzene rings is 2. The Morgan fingerprint density at radius 3 is 1.74 bits per heavy atom. The third kappa shape index (κ3) is 4.33. The van der Waals surface area contributed by atoms with Crippen molar-refractivity contribution in [1.82, 2.24) is 9.78 Å². The lowest BCUT2D eigenvalue weighted by molar-refractivity contribution is 0.200. The van der Waals surface area contributed by atoms with E-state index in [2.05, 4.69) is 45.4 Å². The van der Waals surface area contributed by atoms with Gasteiger partial charge in [0.05, 0.1) is 16.9 Å². The average molecular weight is 364 g/mol. The predicted molar refractivity (Wildman–Crippen MR) is 110 cm³/mol. The van der Waals surface area contributed by atoms with Crippen LogP contribution >= 0.6 is 0 Å². The molecule has 0 radical (unpaired) electrons. The van der Waals surface area contributed by atoms with Crippen LogP contribution in [0, 0.1) is 5.41 Å². The van der Waals surface area contributed by atoms with Crippen molar-refractivity contribution in [3.63, 3.8) is 0 Å². The van der Waals surface area contributed by atoms with E-state index in [-0.39, 0.29) is 22.5 Å². The largest absolute Gasteiger partial charge is 0.508 e. The molecule has 0 aliphatic rings. The van der Waals surface area contributed by atoms with Crippen molar-refractivity contribution in [2.24, 2.45) is 5.41 Å². The second-order valence-corrected chi connectivity index (χ2v) is 8.97. The van der Waals surface area contributed by atoms with Gasteiger partial charge in [0.2, 0.25) is 0 Å². The zero-order valence-corrected chi connectivity index (χ0v) is 16.7. The maximum atomic E-state index is 9.65. The van der Waals surface area contributed by atoms with E-state index in [1.807, 2.05) is 24.3 Å². The first-order valence-corrected chi connectivity index (χ1v) is 9.25. The molecule has 4 nitrogen and oxygen atoms in total. The summed E-state index contributed by atoms with van der Waals surface area (Å²) in [5.41, 5.74) is 3.79. The van der Waals surface area contributed by atoms with Crippen LogP contribution in [0.5, 0.6) is 11.5 Å². The summed E-state index contributed by atoms with van der Waals surface area (Å²) in [5.74, 6) is 0.488. The summed E-state index contributed by atoms with van der Waals surface area (Å²) in [6, 6.07) is 16.4. The van der Waals surface area contributed by atoms with Gasteiger partial charge in [-0.1, -0.05) is 20.8 Å². The van der Waals surface area contributed by atoms with E-state index in [4.69, 9.17) is 5.10 Å². The molecule has 0 saturated heterocycles. The molecule has 0 amide bonds.